The van der Waals surface area contributed by atoms with Crippen molar-refractivity contribution in [2.45, 2.75) is 6.42 Å². The lowest BCUT2D eigenvalue weighted by atomic mass is 10.1. The second-order valence-electron chi connectivity index (χ2n) is 8.21. The van der Waals surface area contributed by atoms with Crippen molar-refractivity contribution in [2.75, 3.05) is 0 Å². The molecule has 0 bridgehead atoms. The van der Waals surface area contributed by atoms with E-state index < -0.39 is 5.91 Å². The summed E-state index contributed by atoms with van der Waals surface area (Å²) in [6, 6.07) is 17.2. The molecule has 39 heavy (non-hydrogen) atoms. The van der Waals surface area contributed by atoms with Gasteiger partial charge in [0.25, 0.3) is 0 Å². The molecule has 0 fully saturated rings. The van der Waals surface area contributed by atoms with Gasteiger partial charge in [0.15, 0.2) is 17.1 Å². The molecule has 0 saturated carbocycles. The lowest BCUT2D eigenvalue weighted by Crippen LogP contribution is -2.17. The molecular weight excluding hydrogens is 520 g/mol. The number of nitrogens with zero attached hydrogens (tertiary/aromatic N) is 7. The number of rotatable bonds is 2. The van der Waals surface area contributed by atoms with Crippen molar-refractivity contribution in [1.29, 1.82) is 15.8 Å². The molecule has 4 aromatic rings. The van der Waals surface area contributed by atoms with Crippen LogP contribution in [0.1, 0.15) is 54.9 Å². The maximum absolute atomic E-state index is 12.3. The summed E-state index contributed by atoms with van der Waals surface area (Å²) in [5.41, 5.74) is 8.14. The first-order chi connectivity index (χ1) is 18.8. The summed E-state index contributed by atoms with van der Waals surface area (Å²) < 4.78 is 0. The normalized spacial score (nSPS) is 11.5. The number of benzene rings is 2. The fourth-order valence-electron chi connectivity index (χ4n) is 4.18. The van der Waals surface area contributed by atoms with Gasteiger partial charge in [0.2, 0.25) is 17.5 Å². The minimum atomic E-state index is -0.628. The number of carbonyl (C=O) groups is 3. The van der Waals surface area contributed by atoms with Gasteiger partial charge < -0.3 is 5.73 Å². The van der Waals surface area contributed by atoms with E-state index in [1.165, 1.54) is 0 Å². The number of aromatic nitrogens is 4. The van der Waals surface area contributed by atoms with Crippen molar-refractivity contribution < 1.29 is 14.4 Å². The average molecular weight is 531 g/mol. The predicted molar refractivity (Wildman–Crippen MR) is 134 cm³/mol. The smallest absolute Gasteiger partial charge is 0.223 e. The van der Waals surface area contributed by atoms with Crippen LogP contribution in [0.15, 0.2) is 42.5 Å². The summed E-state index contributed by atoms with van der Waals surface area (Å²) in [5, 5.41) is 27.3. The first kappa shape index (κ1) is 24.8. The van der Waals surface area contributed by atoms with Crippen molar-refractivity contribution in [1.82, 2.24) is 19.9 Å². The number of amides is 1. The standard InChI is InChI=1S/C14H7ClN4O2.C13H4N4O/c15-6-1-2-7-8(3-6)12-13(14(7)21)19-10(5-16)9(18-12)4-11(17)20;14-5-9-10(6-15)17-12-11(16-9)7-3-1-2-4-8(7)13(12)18/h1-3H,4H2,(H2,17,20);1-4H. The maximum Gasteiger partial charge on any atom is 0.223 e. The molecule has 2 heterocycles. The Hall–Kier alpha value is -5.83. The van der Waals surface area contributed by atoms with Crippen LogP contribution in [0.25, 0.3) is 22.5 Å². The van der Waals surface area contributed by atoms with E-state index in [1.807, 2.05) is 12.1 Å². The Bertz CT molecular complexity index is 1910. The molecule has 0 saturated heterocycles. The molecule has 2 aliphatic rings. The van der Waals surface area contributed by atoms with E-state index in [2.05, 4.69) is 19.9 Å². The van der Waals surface area contributed by atoms with E-state index in [9.17, 15) is 14.4 Å². The molecular formula is C27H11ClN8O3. The molecule has 6 rings (SSSR count). The Kier molecular flexibility index (Phi) is 6.09. The summed E-state index contributed by atoms with van der Waals surface area (Å²) in [5.74, 6) is -1.20. The van der Waals surface area contributed by atoms with E-state index >= 15 is 0 Å². The van der Waals surface area contributed by atoms with Crippen molar-refractivity contribution in [3.63, 3.8) is 0 Å². The SMILES string of the molecule is N#Cc1nc2c(nc1C#N)-c1ccccc1C2=O.N#Cc1nc2c(nc1CC(N)=O)-c1cc(Cl)ccc1C2=O. The summed E-state index contributed by atoms with van der Waals surface area (Å²) in [7, 11) is 0. The lowest BCUT2D eigenvalue weighted by Gasteiger charge is -2.04. The van der Waals surface area contributed by atoms with Crippen LogP contribution in [0.2, 0.25) is 5.02 Å². The highest BCUT2D eigenvalue weighted by atomic mass is 35.5. The molecule has 184 valence electrons. The zero-order valence-corrected chi connectivity index (χ0v) is 20.3. The number of hydrogen-bond acceptors (Lipinski definition) is 10. The first-order valence-corrected chi connectivity index (χ1v) is 11.5. The summed E-state index contributed by atoms with van der Waals surface area (Å²) in [6.45, 7) is 0. The Morgan fingerprint density at radius 1 is 0.718 bits per heavy atom. The van der Waals surface area contributed by atoms with Gasteiger partial charge in [-0.15, -0.1) is 0 Å². The quantitative estimate of drug-likeness (QED) is 0.346. The van der Waals surface area contributed by atoms with Crippen LogP contribution < -0.4 is 5.73 Å². The number of halogens is 1. The molecule has 0 aliphatic heterocycles. The van der Waals surface area contributed by atoms with Crippen LogP contribution in [0.4, 0.5) is 0 Å². The third-order valence-corrected chi connectivity index (χ3v) is 6.10. The molecule has 2 aliphatic carbocycles. The van der Waals surface area contributed by atoms with Crippen LogP contribution in [-0.2, 0) is 11.2 Å². The fourth-order valence-corrected chi connectivity index (χ4v) is 4.36. The molecule has 0 unspecified atom stereocenters. The van der Waals surface area contributed by atoms with Crippen LogP contribution in [0, 0.1) is 34.0 Å². The van der Waals surface area contributed by atoms with Gasteiger partial charge in [-0.1, -0.05) is 35.9 Å². The van der Waals surface area contributed by atoms with E-state index in [1.54, 1.807) is 48.5 Å². The number of ketones is 2. The Morgan fingerprint density at radius 3 is 1.82 bits per heavy atom. The minimum absolute atomic E-state index is 0.0549. The first-order valence-electron chi connectivity index (χ1n) is 11.1. The van der Waals surface area contributed by atoms with Gasteiger partial charge in [0.1, 0.15) is 41.0 Å². The largest absolute Gasteiger partial charge is 0.369 e. The van der Waals surface area contributed by atoms with Gasteiger partial charge in [-0.3, -0.25) is 14.4 Å². The Morgan fingerprint density at radius 2 is 1.23 bits per heavy atom. The van der Waals surface area contributed by atoms with E-state index in [0.717, 1.165) is 0 Å². The molecule has 0 radical (unpaired) electrons. The van der Waals surface area contributed by atoms with Gasteiger partial charge >= 0.3 is 0 Å². The van der Waals surface area contributed by atoms with Crippen LogP contribution in [0.3, 0.4) is 0 Å². The zero-order valence-electron chi connectivity index (χ0n) is 19.6. The number of carbonyl (C=O) groups excluding carboxylic acids is 3. The Labute approximate surface area is 224 Å². The molecule has 2 N–H and O–H groups in total. The molecule has 2 aromatic heterocycles. The highest BCUT2D eigenvalue weighted by molar-refractivity contribution is 6.31. The molecule has 1 amide bonds. The number of nitriles is 3. The van der Waals surface area contributed by atoms with Crippen LogP contribution in [-0.4, -0.2) is 37.4 Å². The minimum Gasteiger partial charge on any atom is -0.369 e. The molecule has 12 heteroatoms. The summed E-state index contributed by atoms with van der Waals surface area (Å²) in [6.07, 6.45) is -0.215. The van der Waals surface area contributed by atoms with Crippen molar-refractivity contribution in [3.05, 3.63) is 92.8 Å². The highest BCUT2D eigenvalue weighted by Gasteiger charge is 2.32. The van der Waals surface area contributed by atoms with Crippen LogP contribution in [0.5, 0.6) is 0 Å². The monoisotopic (exact) mass is 530 g/mol. The molecule has 0 atom stereocenters. The number of primary amides is 1. The average Bonchev–Trinajstić information content (AvgIpc) is 3.37. The lowest BCUT2D eigenvalue weighted by molar-refractivity contribution is -0.117. The number of nitrogens with two attached hydrogens (primary N) is 1. The third-order valence-electron chi connectivity index (χ3n) is 5.86. The van der Waals surface area contributed by atoms with Crippen molar-refractivity contribution >= 4 is 29.1 Å². The highest BCUT2D eigenvalue weighted by Crippen LogP contribution is 2.36. The van der Waals surface area contributed by atoms with E-state index in [0.29, 0.717) is 38.7 Å². The van der Waals surface area contributed by atoms with Gasteiger partial charge in [-0.25, -0.2) is 19.9 Å². The van der Waals surface area contributed by atoms with Gasteiger partial charge in [0, 0.05) is 27.3 Å². The molecule has 11 nitrogen and oxygen atoms in total. The van der Waals surface area contributed by atoms with Gasteiger partial charge in [0.05, 0.1) is 12.1 Å². The summed E-state index contributed by atoms with van der Waals surface area (Å²) in [4.78, 5) is 51.6. The second kappa shape index (κ2) is 9.56. The van der Waals surface area contributed by atoms with Gasteiger partial charge in [-0.05, 0) is 18.2 Å². The second-order valence-corrected chi connectivity index (χ2v) is 8.64. The maximum atomic E-state index is 12.3. The predicted octanol–water partition coefficient (Wildman–Crippen LogP) is 2.67. The topological polar surface area (TPSA) is 200 Å². The number of hydrogen-bond donors (Lipinski definition) is 1. The third kappa shape index (κ3) is 4.13. The number of fused-ring (bicyclic) bond motifs is 6. The van der Waals surface area contributed by atoms with Gasteiger partial charge in [-0.2, -0.15) is 15.8 Å². The van der Waals surface area contributed by atoms with Crippen molar-refractivity contribution in [3.8, 4) is 40.7 Å². The Balaban J connectivity index is 0.000000160. The zero-order chi connectivity index (χ0) is 27.8. The van der Waals surface area contributed by atoms with E-state index in [-0.39, 0.29) is 52.2 Å². The van der Waals surface area contributed by atoms with Crippen molar-refractivity contribution in [2.24, 2.45) is 5.73 Å². The van der Waals surface area contributed by atoms with Crippen LogP contribution >= 0.6 is 11.6 Å². The molecule has 2 aromatic carbocycles. The summed E-state index contributed by atoms with van der Waals surface area (Å²) >= 11 is 5.93. The van der Waals surface area contributed by atoms with E-state index in [4.69, 9.17) is 33.1 Å². The fraction of sp³-hybridized carbons (Fsp3) is 0.0370. The molecule has 0 spiro atoms.